The summed E-state index contributed by atoms with van der Waals surface area (Å²) >= 11 is 6.03. The molecule has 0 fully saturated rings. The van der Waals surface area contributed by atoms with Gasteiger partial charge in [-0.1, -0.05) is 23.7 Å². The van der Waals surface area contributed by atoms with Crippen LogP contribution >= 0.6 is 11.6 Å². The van der Waals surface area contributed by atoms with E-state index in [1.165, 1.54) is 0 Å². The van der Waals surface area contributed by atoms with Crippen LogP contribution in [0.5, 0.6) is 0 Å². The normalized spacial score (nSPS) is 12.2. The number of aliphatic hydroxyl groups excluding tert-OH is 1. The molecule has 3 nitrogen and oxygen atoms in total. The van der Waals surface area contributed by atoms with Gasteiger partial charge in [-0.2, -0.15) is 0 Å². The molecule has 1 rings (SSSR count). The number of aliphatic hydroxyl groups is 1. The molecule has 1 aromatic rings. The molecule has 1 aromatic carbocycles. The lowest BCUT2D eigenvalue weighted by molar-refractivity contribution is -0.121. The van der Waals surface area contributed by atoms with Gasteiger partial charge in [-0.25, -0.2) is 0 Å². The summed E-state index contributed by atoms with van der Waals surface area (Å²) in [7, 11) is 0. The number of benzene rings is 1. The lowest BCUT2D eigenvalue weighted by atomic mass is 10.1. The summed E-state index contributed by atoms with van der Waals surface area (Å²) in [6, 6.07) is 5.88. The molecule has 0 aromatic heterocycles. The minimum atomic E-state index is 0.00708. The van der Waals surface area contributed by atoms with Crippen LogP contribution in [0.4, 0.5) is 0 Å². The van der Waals surface area contributed by atoms with Gasteiger partial charge in [0, 0.05) is 24.1 Å². The fourth-order valence-electron chi connectivity index (χ4n) is 1.66. The molecule has 0 bridgehead atoms. The summed E-state index contributed by atoms with van der Waals surface area (Å²) in [5.74, 6) is 0.00708. The van der Waals surface area contributed by atoms with E-state index >= 15 is 0 Å². The zero-order chi connectivity index (χ0) is 13.5. The van der Waals surface area contributed by atoms with Crippen LogP contribution in [0.25, 0.3) is 0 Å². The molecule has 1 atom stereocenters. The smallest absolute Gasteiger partial charge is 0.220 e. The Balaban J connectivity index is 2.40. The van der Waals surface area contributed by atoms with Crippen LogP contribution in [-0.2, 0) is 11.2 Å². The maximum Gasteiger partial charge on any atom is 0.220 e. The first-order chi connectivity index (χ1) is 8.52. The van der Waals surface area contributed by atoms with Gasteiger partial charge in [0.15, 0.2) is 0 Å². The monoisotopic (exact) mass is 269 g/mol. The van der Waals surface area contributed by atoms with E-state index in [1.807, 2.05) is 32.0 Å². The Bertz CT molecular complexity index is 407. The summed E-state index contributed by atoms with van der Waals surface area (Å²) < 4.78 is 0. The number of nitrogens with one attached hydrogen (secondary N) is 1. The van der Waals surface area contributed by atoms with Crippen molar-refractivity contribution in [2.75, 3.05) is 6.61 Å². The van der Waals surface area contributed by atoms with Crippen molar-refractivity contribution in [3.63, 3.8) is 0 Å². The molecule has 18 heavy (non-hydrogen) atoms. The van der Waals surface area contributed by atoms with Crippen LogP contribution in [0.1, 0.15) is 30.9 Å². The molecule has 0 heterocycles. The van der Waals surface area contributed by atoms with Gasteiger partial charge in [-0.15, -0.1) is 0 Å². The summed E-state index contributed by atoms with van der Waals surface area (Å²) in [5, 5.41) is 12.3. The predicted molar refractivity (Wildman–Crippen MR) is 73.8 cm³/mol. The van der Waals surface area contributed by atoms with Crippen molar-refractivity contribution in [2.45, 2.75) is 39.2 Å². The highest BCUT2D eigenvalue weighted by molar-refractivity contribution is 6.31. The third kappa shape index (κ3) is 5.07. The number of halogens is 1. The fourth-order valence-corrected chi connectivity index (χ4v) is 1.87. The Morgan fingerprint density at radius 2 is 2.22 bits per heavy atom. The third-order valence-corrected chi connectivity index (χ3v) is 3.25. The number of hydrogen-bond acceptors (Lipinski definition) is 2. The molecule has 2 N–H and O–H groups in total. The van der Waals surface area contributed by atoms with Gasteiger partial charge >= 0.3 is 0 Å². The Kier molecular flexibility index (Phi) is 6.16. The summed E-state index contributed by atoms with van der Waals surface area (Å²) in [5.41, 5.74) is 2.11. The number of carbonyl (C=O) groups is 1. The molecular formula is C14H20ClNO2. The standard InChI is InChI=1S/C14H20ClNO2/c1-10-3-4-12(9-13(10)15)5-6-14(18)16-11(2)7-8-17/h3-4,9,11,17H,5-8H2,1-2H3,(H,16,18). The maximum atomic E-state index is 11.6. The van der Waals surface area contributed by atoms with Crippen LogP contribution in [0.3, 0.4) is 0 Å². The van der Waals surface area contributed by atoms with Gasteiger partial charge in [0.25, 0.3) is 0 Å². The van der Waals surface area contributed by atoms with Crippen molar-refractivity contribution >= 4 is 17.5 Å². The Hall–Kier alpha value is -1.06. The van der Waals surface area contributed by atoms with Crippen molar-refractivity contribution < 1.29 is 9.90 Å². The van der Waals surface area contributed by atoms with Gasteiger partial charge < -0.3 is 10.4 Å². The van der Waals surface area contributed by atoms with E-state index in [-0.39, 0.29) is 18.6 Å². The zero-order valence-corrected chi connectivity index (χ0v) is 11.6. The highest BCUT2D eigenvalue weighted by atomic mass is 35.5. The molecule has 0 radical (unpaired) electrons. The number of hydrogen-bond donors (Lipinski definition) is 2. The molecular weight excluding hydrogens is 250 g/mol. The van der Waals surface area contributed by atoms with E-state index in [9.17, 15) is 4.79 Å². The largest absolute Gasteiger partial charge is 0.396 e. The maximum absolute atomic E-state index is 11.6. The Morgan fingerprint density at radius 1 is 1.50 bits per heavy atom. The second kappa shape index (κ2) is 7.39. The predicted octanol–water partition coefficient (Wildman–Crippen LogP) is 2.47. The molecule has 100 valence electrons. The quantitative estimate of drug-likeness (QED) is 0.834. The van der Waals surface area contributed by atoms with Crippen LogP contribution in [0.2, 0.25) is 5.02 Å². The van der Waals surface area contributed by atoms with Crippen molar-refractivity contribution in [3.8, 4) is 0 Å². The van der Waals surface area contributed by atoms with Gasteiger partial charge in [-0.3, -0.25) is 4.79 Å². The van der Waals surface area contributed by atoms with E-state index in [4.69, 9.17) is 16.7 Å². The molecule has 4 heteroatoms. The van der Waals surface area contributed by atoms with Crippen LogP contribution < -0.4 is 5.32 Å². The summed E-state index contributed by atoms with van der Waals surface area (Å²) in [4.78, 5) is 11.6. The molecule has 0 saturated carbocycles. The lowest BCUT2D eigenvalue weighted by Gasteiger charge is -2.12. The minimum absolute atomic E-state index is 0.00708. The number of amides is 1. The van der Waals surface area contributed by atoms with E-state index in [0.29, 0.717) is 19.3 Å². The average Bonchev–Trinajstić information content (AvgIpc) is 2.31. The lowest BCUT2D eigenvalue weighted by Crippen LogP contribution is -2.33. The van der Waals surface area contributed by atoms with Gasteiger partial charge in [0.1, 0.15) is 0 Å². The minimum Gasteiger partial charge on any atom is -0.396 e. The fraction of sp³-hybridized carbons (Fsp3) is 0.500. The molecule has 0 aliphatic rings. The van der Waals surface area contributed by atoms with Crippen molar-refractivity contribution in [1.29, 1.82) is 0 Å². The van der Waals surface area contributed by atoms with Gasteiger partial charge in [0.05, 0.1) is 0 Å². The number of aryl methyl sites for hydroxylation is 2. The molecule has 0 saturated heterocycles. The van der Waals surface area contributed by atoms with E-state index in [1.54, 1.807) is 0 Å². The van der Waals surface area contributed by atoms with Crippen LogP contribution in [0, 0.1) is 6.92 Å². The van der Waals surface area contributed by atoms with Gasteiger partial charge in [0.2, 0.25) is 5.91 Å². The summed E-state index contributed by atoms with van der Waals surface area (Å²) in [6.07, 6.45) is 1.70. The van der Waals surface area contributed by atoms with Crippen molar-refractivity contribution in [3.05, 3.63) is 34.3 Å². The molecule has 1 unspecified atom stereocenters. The van der Waals surface area contributed by atoms with E-state index in [2.05, 4.69) is 5.32 Å². The summed E-state index contributed by atoms with van der Waals surface area (Å²) in [6.45, 7) is 3.93. The Morgan fingerprint density at radius 3 is 2.83 bits per heavy atom. The zero-order valence-electron chi connectivity index (χ0n) is 10.9. The molecule has 0 spiro atoms. The van der Waals surface area contributed by atoms with Crippen LogP contribution in [0.15, 0.2) is 18.2 Å². The first-order valence-electron chi connectivity index (χ1n) is 6.18. The molecule has 0 aliphatic carbocycles. The second-order valence-electron chi connectivity index (χ2n) is 4.56. The number of rotatable bonds is 6. The first kappa shape index (κ1) is 15.0. The van der Waals surface area contributed by atoms with Crippen LogP contribution in [-0.4, -0.2) is 23.7 Å². The highest BCUT2D eigenvalue weighted by Crippen LogP contribution is 2.17. The van der Waals surface area contributed by atoms with Crippen molar-refractivity contribution in [1.82, 2.24) is 5.32 Å². The van der Waals surface area contributed by atoms with Crippen molar-refractivity contribution in [2.24, 2.45) is 0 Å². The van der Waals surface area contributed by atoms with Gasteiger partial charge in [-0.05, 0) is 43.9 Å². The Labute approximate surface area is 113 Å². The molecule has 0 aliphatic heterocycles. The highest BCUT2D eigenvalue weighted by Gasteiger charge is 2.07. The second-order valence-corrected chi connectivity index (χ2v) is 4.97. The molecule has 1 amide bonds. The van der Waals surface area contributed by atoms with E-state index < -0.39 is 0 Å². The number of carbonyl (C=O) groups excluding carboxylic acids is 1. The topological polar surface area (TPSA) is 49.3 Å². The van der Waals surface area contributed by atoms with E-state index in [0.717, 1.165) is 16.1 Å². The first-order valence-corrected chi connectivity index (χ1v) is 6.56. The third-order valence-electron chi connectivity index (χ3n) is 2.85. The average molecular weight is 270 g/mol. The SMILES string of the molecule is Cc1ccc(CCC(=O)NC(C)CCO)cc1Cl.